The van der Waals surface area contributed by atoms with Gasteiger partial charge in [0.15, 0.2) is 17.2 Å². The van der Waals surface area contributed by atoms with Gasteiger partial charge in [-0.15, -0.1) is 0 Å². The molecule has 0 atom stereocenters. The fourth-order valence-electron chi connectivity index (χ4n) is 3.94. The van der Waals surface area contributed by atoms with Crippen molar-refractivity contribution in [2.75, 3.05) is 40.8 Å². The summed E-state index contributed by atoms with van der Waals surface area (Å²) in [5.41, 5.74) is 3.47. The summed E-state index contributed by atoms with van der Waals surface area (Å²) in [5, 5.41) is 4.54. The minimum Gasteiger partial charge on any atom is -0.493 e. The van der Waals surface area contributed by atoms with Crippen LogP contribution in [0.5, 0.6) is 17.2 Å². The average molecular weight is 417 g/mol. The van der Waals surface area contributed by atoms with E-state index in [0.717, 1.165) is 29.8 Å². The largest absolute Gasteiger partial charge is 0.493 e. The Morgan fingerprint density at radius 3 is 2.90 bits per heavy atom. The predicted molar refractivity (Wildman–Crippen MR) is 107 cm³/mol. The van der Waals surface area contributed by atoms with Crippen LogP contribution in [-0.4, -0.2) is 61.4 Å². The molecule has 0 N–H and O–H groups in total. The zero-order valence-electron chi connectivity index (χ0n) is 17.6. The van der Waals surface area contributed by atoms with Gasteiger partial charge in [0.05, 0.1) is 26.9 Å². The van der Waals surface area contributed by atoms with E-state index in [1.54, 1.807) is 21.1 Å². The fourth-order valence-corrected chi connectivity index (χ4v) is 3.94. The summed E-state index contributed by atoms with van der Waals surface area (Å²) in [6.45, 7) is 5.63. The third kappa shape index (κ3) is 3.95. The Balaban J connectivity index is 1.57. The summed E-state index contributed by atoms with van der Waals surface area (Å²) >= 11 is 0. The van der Waals surface area contributed by atoms with Crippen LogP contribution < -0.4 is 14.2 Å². The molecule has 2 aliphatic rings. The third-order valence-corrected chi connectivity index (χ3v) is 5.31. The molecule has 0 saturated carbocycles. The highest BCUT2D eigenvalue weighted by Crippen LogP contribution is 2.42. The lowest BCUT2D eigenvalue weighted by atomic mass is 10.0. The molecular weight excluding hydrogens is 390 g/mol. The molecule has 9 heteroatoms. The van der Waals surface area contributed by atoms with Crippen LogP contribution in [0.25, 0.3) is 0 Å². The van der Waals surface area contributed by atoms with Gasteiger partial charge >= 0.3 is 5.97 Å². The lowest BCUT2D eigenvalue weighted by molar-refractivity contribution is 0.0515. The number of rotatable bonds is 8. The van der Waals surface area contributed by atoms with Crippen LogP contribution in [0, 0.1) is 0 Å². The van der Waals surface area contributed by atoms with E-state index < -0.39 is 0 Å². The SMILES string of the molecule is CCOC(=O)c1nn(CCOC)c2c1CN(Cc1cc(OC)c3c(c1)OCO3)CC2. The first-order valence-corrected chi connectivity index (χ1v) is 10.1. The van der Waals surface area contributed by atoms with Gasteiger partial charge in [-0.2, -0.15) is 5.10 Å². The maximum absolute atomic E-state index is 12.5. The molecular formula is C21H27N3O6. The molecule has 0 amide bonds. The lowest BCUT2D eigenvalue weighted by Crippen LogP contribution is -2.31. The second-order valence-electron chi connectivity index (χ2n) is 7.20. The van der Waals surface area contributed by atoms with Crippen LogP contribution >= 0.6 is 0 Å². The Hall–Kier alpha value is -2.78. The van der Waals surface area contributed by atoms with Gasteiger partial charge in [0.1, 0.15) is 0 Å². The minimum atomic E-state index is -0.378. The normalized spacial score (nSPS) is 15.2. The van der Waals surface area contributed by atoms with Gasteiger partial charge in [-0.25, -0.2) is 4.79 Å². The topological polar surface area (TPSA) is 84.3 Å². The van der Waals surface area contributed by atoms with Crippen molar-refractivity contribution in [2.24, 2.45) is 0 Å². The second kappa shape index (κ2) is 8.93. The zero-order chi connectivity index (χ0) is 21.1. The van der Waals surface area contributed by atoms with E-state index >= 15 is 0 Å². The van der Waals surface area contributed by atoms with Crippen molar-refractivity contribution in [2.45, 2.75) is 33.0 Å². The first-order chi connectivity index (χ1) is 14.6. The Bertz CT molecular complexity index is 926. The smallest absolute Gasteiger partial charge is 0.359 e. The molecule has 162 valence electrons. The standard InChI is InChI=1S/C21H27N3O6/c1-4-28-21(25)19-15-12-23(6-5-16(15)24(22-19)7-8-26-2)11-14-9-17(27-3)20-18(10-14)29-13-30-20/h9-10H,4-8,11-13H2,1-3H3. The Labute approximate surface area is 175 Å². The summed E-state index contributed by atoms with van der Waals surface area (Å²) in [4.78, 5) is 14.8. The molecule has 9 nitrogen and oxygen atoms in total. The Morgan fingerprint density at radius 2 is 2.13 bits per heavy atom. The maximum atomic E-state index is 12.5. The summed E-state index contributed by atoms with van der Waals surface area (Å²) in [6, 6.07) is 3.95. The number of hydrogen-bond acceptors (Lipinski definition) is 8. The molecule has 2 aliphatic heterocycles. The highest BCUT2D eigenvalue weighted by molar-refractivity contribution is 5.89. The predicted octanol–water partition coefficient (Wildman–Crippen LogP) is 2.00. The summed E-state index contributed by atoms with van der Waals surface area (Å²) in [7, 11) is 3.28. The zero-order valence-corrected chi connectivity index (χ0v) is 17.6. The third-order valence-electron chi connectivity index (χ3n) is 5.31. The molecule has 0 spiro atoms. The number of carbonyl (C=O) groups is 1. The van der Waals surface area contributed by atoms with E-state index in [0.29, 0.717) is 55.8 Å². The Morgan fingerprint density at radius 1 is 1.27 bits per heavy atom. The number of esters is 1. The van der Waals surface area contributed by atoms with E-state index in [-0.39, 0.29) is 12.8 Å². The molecule has 0 unspecified atom stereocenters. The molecule has 0 fully saturated rings. The number of ether oxygens (including phenoxy) is 5. The average Bonchev–Trinajstić information content (AvgIpc) is 3.36. The van der Waals surface area contributed by atoms with Crippen molar-refractivity contribution in [1.29, 1.82) is 0 Å². The molecule has 0 bridgehead atoms. The number of methoxy groups -OCH3 is 2. The highest BCUT2D eigenvalue weighted by atomic mass is 16.7. The molecule has 30 heavy (non-hydrogen) atoms. The molecule has 0 saturated heterocycles. The number of benzene rings is 1. The summed E-state index contributed by atoms with van der Waals surface area (Å²) in [5.74, 6) is 1.63. The van der Waals surface area contributed by atoms with Crippen LogP contribution in [-0.2, 0) is 35.5 Å². The molecule has 0 aliphatic carbocycles. The van der Waals surface area contributed by atoms with Crippen molar-refractivity contribution >= 4 is 5.97 Å². The molecule has 1 aromatic heterocycles. The quantitative estimate of drug-likeness (QED) is 0.603. The van der Waals surface area contributed by atoms with Crippen LogP contribution in [0.2, 0.25) is 0 Å². The van der Waals surface area contributed by atoms with Crippen molar-refractivity contribution in [3.8, 4) is 17.2 Å². The van der Waals surface area contributed by atoms with Crippen LogP contribution in [0.15, 0.2) is 12.1 Å². The van der Waals surface area contributed by atoms with Gasteiger partial charge in [0.2, 0.25) is 12.5 Å². The molecule has 2 aromatic rings. The van der Waals surface area contributed by atoms with E-state index in [2.05, 4.69) is 10.00 Å². The van der Waals surface area contributed by atoms with Gasteiger partial charge in [0.25, 0.3) is 0 Å². The monoisotopic (exact) mass is 417 g/mol. The van der Waals surface area contributed by atoms with Gasteiger partial charge in [-0.3, -0.25) is 9.58 Å². The van der Waals surface area contributed by atoms with Crippen molar-refractivity contribution in [3.05, 3.63) is 34.6 Å². The van der Waals surface area contributed by atoms with Gasteiger partial charge in [-0.05, 0) is 24.6 Å². The Kier molecular flexibility index (Phi) is 6.10. The summed E-state index contributed by atoms with van der Waals surface area (Å²) < 4.78 is 28.8. The fraction of sp³-hybridized carbons (Fsp3) is 0.524. The van der Waals surface area contributed by atoms with E-state index in [4.69, 9.17) is 23.7 Å². The van der Waals surface area contributed by atoms with Gasteiger partial charge < -0.3 is 23.7 Å². The minimum absolute atomic E-state index is 0.200. The first-order valence-electron chi connectivity index (χ1n) is 10.1. The number of hydrogen-bond donors (Lipinski definition) is 0. The summed E-state index contributed by atoms with van der Waals surface area (Å²) in [6.07, 6.45) is 0.799. The van der Waals surface area contributed by atoms with Gasteiger partial charge in [0, 0.05) is 44.4 Å². The van der Waals surface area contributed by atoms with E-state index in [9.17, 15) is 4.79 Å². The number of fused-ring (bicyclic) bond motifs is 2. The van der Waals surface area contributed by atoms with Crippen LogP contribution in [0.4, 0.5) is 0 Å². The van der Waals surface area contributed by atoms with Crippen molar-refractivity contribution < 1.29 is 28.5 Å². The number of nitrogens with zero attached hydrogens (tertiary/aromatic N) is 3. The van der Waals surface area contributed by atoms with Gasteiger partial charge in [-0.1, -0.05) is 0 Å². The molecule has 4 rings (SSSR count). The molecule has 0 radical (unpaired) electrons. The van der Waals surface area contributed by atoms with E-state index in [1.165, 1.54) is 0 Å². The maximum Gasteiger partial charge on any atom is 0.359 e. The van der Waals surface area contributed by atoms with Crippen LogP contribution in [0.3, 0.4) is 0 Å². The number of carbonyl (C=O) groups excluding carboxylic acids is 1. The van der Waals surface area contributed by atoms with E-state index in [1.807, 2.05) is 16.8 Å². The molecule has 1 aromatic carbocycles. The van der Waals surface area contributed by atoms with Crippen molar-refractivity contribution in [3.63, 3.8) is 0 Å². The second-order valence-corrected chi connectivity index (χ2v) is 7.20. The van der Waals surface area contributed by atoms with Crippen molar-refractivity contribution in [1.82, 2.24) is 14.7 Å². The van der Waals surface area contributed by atoms with Crippen LogP contribution in [0.1, 0.15) is 34.2 Å². The lowest BCUT2D eigenvalue weighted by Gasteiger charge is -2.28. The highest BCUT2D eigenvalue weighted by Gasteiger charge is 2.29. The first kappa shape index (κ1) is 20.5. The molecule has 3 heterocycles. The number of aromatic nitrogens is 2.